The molecule has 6 nitrogen and oxygen atoms in total. The van der Waals surface area contributed by atoms with Crippen LogP contribution >= 0.6 is 0 Å². The van der Waals surface area contributed by atoms with Crippen LogP contribution in [0.5, 0.6) is 0 Å². The van der Waals surface area contributed by atoms with E-state index in [1.165, 1.54) is 13.0 Å². The molecule has 160 valence electrons. The molecular weight excluding hydrogens is 397 g/mol. The molecule has 3 rings (SSSR count). The van der Waals surface area contributed by atoms with Crippen LogP contribution in [0.2, 0.25) is 0 Å². The van der Waals surface area contributed by atoms with Gasteiger partial charge in [-0.3, -0.25) is 9.59 Å². The summed E-state index contributed by atoms with van der Waals surface area (Å²) in [5.41, 5.74) is 0.193. The van der Waals surface area contributed by atoms with Gasteiger partial charge in [0.05, 0.1) is 5.56 Å². The zero-order valence-corrected chi connectivity index (χ0v) is 16.7. The Hall–Kier alpha value is -3.07. The van der Waals surface area contributed by atoms with Gasteiger partial charge >= 0.3 is 6.18 Å². The second-order valence-corrected chi connectivity index (χ2v) is 7.27. The SMILES string of the molecule is CC(=O)Nc1cc(C(=O)Nc2ccc(N3CCN(C)CC3)cc2)cc(C(F)(F)F)c1. The van der Waals surface area contributed by atoms with Gasteiger partial charge in [0.25, 0.3) is 5.91 Å². The van der Waals surface area contributed by atoms with E-state index in [0.717, 1.165) is 44.0 Å². The number of rotatable bonds is 4. The first-order valence-electron chi connectivity index (χ1n) is 9.46. The van der Waals surface area contributed by atoms with Crippen LogP contribution in [0.4, 0.5) is 30.2 Å². The van der Waals surface area contributed by atoms with Crippen molar-refractivity contribution in [3.8, 4) is 0 Å². The van der Waals surface area contributed by atoms with Crippen LogP contribution in [0.1, 0.15) is 22.8 Å². The monoisotopic (exact) mass is 420 g/mol. The summed E-state index contributed by atoms with van der Waals surface area (Å²) in [4.78, 5) is 28.3. The molecule has 0 aliphatic carbocycles. The Kier molecular flexibility index (Phi) is 6.31. The summed E-state index contributed by atoms with van der Waals surface area (Å²) in [5.74, 6) is -1.22. The number of nitrogens with one attached hydrogen (secondary N) is 2. The molecule has 9 heteroatoms. The highest BCUT2D eigenvalue weighted by Gasteiger charge is 2.32. The number of amides is 2. The lowest BCUT2D eigenvalue weighted by molar-refractivity contribution is -0.137. The first kappa shape index (κ1) is 21.6. The minimum atomic E-state index is -4.65. The first-order chi connectivity index (χ1) is 14.1. The normalized spacial score (nSPS) is 15.0. The van der Waals surface area contributed by atoms with Crippen LogP contribution in [0.3, 0.4) is 0 Å². The van der Waals surface area contributed by atoms with Gasteiger partial charge in [-0.2, -0.15) is 13.2 Å². The fraction of sp³-hybridized carbons (Fsp3) is 0.333. The molecule has 30 heavy (non-hydrogen) atoms. The fourth-order valence-corrected chi connectivity index (χ4v) is 3.22. The summed E-state index contributed by atoms with van der Waals surface area (Å²) >= 11 is 0. The Bertz CT molecular complexity index is 921. The molecule has 1 saturated heterocycles. The number of carbonyl (C=O) groups excluding carboxylic acids is 2. The predicted octanol–water partition coefficient (Wildman–Crippen LogP) is 3.67. The largest absolute Gasteiger partial charge is 0.416 e. The number of anilines is 3. The highest BCUT2D eigenvalue weighted by molar-refractivity contribution is 6.05. The van der Waals surface area contributed by atoms with Crippen molar-refractivity contribution in [1.29, 1.82) is 0 Å². The van der Waals surface area contributed by atoms with Gasteiger partial charge in [-0.1, -0.05) is 0 Å². The van der Waals surface area contributed by atoms with Crippen molar-refractivity contribution in [2.45, 2.75) is 13.1 Å². The Labute approximate surface area is 172 Å². The molecule has 0 unspecified atom stereocenters. The highest BCUT2D eigenvalue weighted by Crippen LogP contribution is 2.32. The molecule has 0 radical (unpaired) electrons. The van der Waals surface area contributed by atoms with Crippen molar-refractivity contribution in [2.24, 2.45) is 0 Å². The molecular formula is C21H23F3N4O2. The number of hydrogen-bond donors (Lipinski definition) is 2. The van der Waals surface area contributed by atoms with Crippen LogP contribution in [0, 0.1) is 0 Å². The van der Waals surface area contributed by atoms with Gasteiger partial charge in [0, 0.05) is 55.7 Å². The van der Waals surface area contributed by atoms with Crippen molar-refractivity contribution in [3.05, 3.63) is 53.6 Å². The minimum absolute atomic E-state index is 0.0899. The van der Waals surface area contributed by atoms with Crippen molar-refractivity contribution in [1.82, 2.24) is 4.90 Å². The zero-order valence-electron chi connectivity index (χ0n) is 16.7. The van der Waals surface area contributed by atoms with E-state index in [-0.39, 0.29) is 11.3 Å². The third-order valence-electron chi connectivity index (χ3n) is 4.84. The van der Waals surface area contributed by atoms with Crippen molar-refractivity contribution < 1.29 is 22.8 Å². The molecule has 1 aliphatic rings. The van der Waals surface area contributed by atoms with Gasteiger partial charge in [0.1, 0.15) is 0 Å². The molecule has 2 aromatic rings. The van der Waals surface area contributed by atoms with Crippen LogP contribution in [0.25, 0.3) is 0 Å². The number of likely N-dealkylation sites (N-methyl/N-ethyl adjacent to an activating group) is 1. The van der Waals surface area contributed by atoms with Crippen molar-refractivity contribution in [2.75, 3.05) is 48.8 Å². The van der Waals surface area contributed by atoms with E-state index in [2.05, 4.69) is 27.5 Å². The second kappa shape index (κ2) is 8.74. The molecule has 1 aliphatic heterocycles. The van der Waals surface area contributed by atoms with Gasteiger partial charge in [-0.15, -0.1) is 0 Å². The quantitative estimate of drug-likeness (QED) is 0.792. The van der Waals surface area contributed by atoms with Crippen molar-refractivity contribution in [3.63, 3.8) is 0 Å². The number of alkyl halides is 3. The van der Waals surface area contributed by atoms with Gasteiger partial charge in [0.2, 0.25) is 5.91 Å². The summed E-state index contributed by atoms with van der Waals surface area (Å²) in [6, 6.07) is 9.94. The minimum Gasteiger partial charge on any atom is -0.369 e. The molecule has 1 fully saturated rings. The van der Waals surface area contributed by atoms with Crippen molar-refractivity contribution >= 4 is 28.9 Å². The van der Waals surface area contributed by atoms with Gasteiger partial charge in [-0.05, 0) is 49.5 Å². The second-order valence-electron chi connectivity index (χ2n) is 7.27. The van der Waals surface area contributed by atoms with Crippen LogP contribution in [-0.4, -0.2) is 49.9 Å². The van der Waals surface area contributed by atoms with Gasteiger partial charge < -0.3 is 20.4 Å². The van der Waals surface area contributed by atoms with E-state index >= 15 is 0 Å². The van der Waals surface area contributed by atoms with E-state index in [1.807, 2.05) is 12.1 Å². The fourth-order valence-electron chi connectivity index (χ4n) is 3.22. The molecule has 0 aromatic heterocycles. The third-order valence-corrected chi connectivity index (χ3v) is 4.84. The molecule has 0 bridgehead atoms. The lowest BCUT2D eigenvalue weighted by Gasteiger charge is -2.34. The Morgan fingerprint density at radius 3 is 2.10 bits per heavy atom. The highest BCUT2D eigenvalue weighted by atomic mass is 19.4. The molecule has 2 aromatic carbocycles. The molecule has 1 heterocycles. The first-order valence-corrected chi connectivity index (χ1v) is 9.46. The molecule has 0 atom stereocenters. The van der Waals surface area contributed by atoms with Gasteiger partial charge in [-0.25, -0.2) is 0 Å². The predicted molar refractivity (Wildman–Crippen MR) is 110 cm³/mol. The number of halogens is 3. The van der Waals surface area contributed by atoms with E-state index in [9.17, 15) is 22.8 Å². The summed E-state index contributed by atoms with van der Waals surface area (Å²) in [5, 5.41) is 4.90. The average Bonchev–Trinajstić information content (AvgIpc) is 2.68. The summed E-state index contributed by atoms with van der Waals surface area (Å²) in [6.45, 7) is 4.91. The third kappa shape index (κ3) is 5.50. The van der Waals surface area contributed by atoms with E-state index in [1.54, 1.807) is 12.1 Å². The lowest BCUT2D eigenvalue weighted by Crippen LogP contribution is -2.44. The maximum atomic E-state index is 13.2. The topological polar surface area (TPSA) is 64.7 Å². The molecule has 0 spiro atoms. The van der Waals surface area contributed by atoms with Gasteiger partial charge in [0.15, 0.2) is 0 Å². The Balaban J connectivity index is 1.75. The summed E-state index contributed by atoms with van der Waals surface area (Å²) < 4.78 is 39.5. The maximum Gasteiger partial charge on any atom is 0.416 e. The molecule has 2 amide bonds. The standard InChI is InChI=1S/C21H23F3N4O2/c1-14(29)25-18-12-15(11-16(13-18)21(22,23)24)20(30)26-17-3-5-19(6-4-17)28-9-7-27(2)8-10-28/h3-6,11-13H,7-10H2,1-2H3,(H,25,29)(H,26,30). The maximum absolute atomic E-state index is 13.2. The zero-order chi connectivity index (χ0) is 21.9. The number of nitrogens with zero attached hydrogens (tertiary/aromatic N) is 2. The molecule has 2 N–H and O–H groups in total. The van der Waals surface area contributed by atoms with E-state index in [0.29, 0.717) is 5.69 Å². The summed E-state index contributed by atoms with van der Waals surface area (Å²) in [7, 11) is 2.07. The van der Waals surface area contributed by atoms with Crippen LogP contribution < -0.4 is 15.5 Å². The van der Waals surface area contributed by atoms with Crippen LogP contribution in [0.15, 0.2) is 42.5 Å². The number of hydrogen-bond acceptors (Lipinski definition) is 4. The Morgan fingerprint density at radius 1 is 0.900 bits per heavy atom. The summed E-state index contributed by atoms with van der Waals surface area (Å²) in [6.07, 6.45) is -4.65. The lowest BCUT2D eigenvalue weighted by atomic mass is 10.1. The van der Waals surface area contributed by atoms with E-state index < -0.39 is 23.6 Å². The Morgan fingerprint density at radius 2 is 1.53 bits per heavy atom. The number of piperazine rings is 1. The average molecular weight is 420 g/mol. The smallest absolute Gasteiger partial charge is 0.369 e. The van der Waals surface area contributed by atoms with E-state index in [4.69, 9.17) is 0 Å². The number of carbonyl (C=O) groups is 2. The van der Waals surface area contributed by atoms with Crippen LogP contribution in [-0.2, 0) is 11.0 Å². The molecule has 0 saturated carbocycles. The number of benzene rings is 2.